The van der Waals surface area contributed by atoms with Crippen LogP contribution < -0.4 is 10.5 Å². The highest BCUT2D eigenvalue weighted by Gasteiger charge is 2.19. The van der Waals surface area contributed by atoms with E-state index in [1.54, 1.807) is 0 Å². The van der Waals surface area contributed by atoms with E-state index in [0.29, 0.717) is 10.9 Å². The van der Waals surface area contributed by atoms with Gasteiger partial charge in [-0.1, -0.05) is 5.16 Å². The van der Waals surface area contributed by atoms with Crippen LogP contribution in [0.4, 0.5) is 5.69 Å². The average Bonchev–Trinajstić information content (AvgIpc) is 3.09. The van der Waals surface area contributed by atoms with E-state index in [-0.39, 0.29) is 18.7 Å². The van der Waals surface area contributed by atoms with Gasteiger partial charge in [-0.3, -0.25) is 14.3 Å². The van der Waals surface area contributed by atoms with Gasteiger partial charge < -0.3 is 14.5 Å². The number of nitrogens with zero attached hydrogens (tertiary/aromatic N) is 5. The normalized spacial score (nSPS) is 15.6. The molecule has 1 fully saturated rings. The molecule has 0 unspecified atom stereocenters. The van der Waals surface area contributed by atoms with Crippen LogP contribution in [0.15, 0.2) is 39.9 Å². The predicted octanol–water partition coefficient (Wildman–Crippen LogP) is 1.01. The van der Waals surface area contributed by atoms with Crippen LogP contribution in [0.2, 0.25) is 0 Å². The molecule has 0 bridgehead atoms. The summed E-state index contributed by atoms with van der Waals surface area (Å²) < 4.78 is 6.74. The fraction of sp³-hybridized carbons (Fsp3) is 0.421. The van der Waals surface area contributed by atoms with Crippen molar-refractivity contribution < 1.29 is 9.63 Å². The summed E-state index contributed by atoms with van der Waals surface area (Å²) in [5.74, 6) is 0.898. The molecule has 0 spiro atoms. The maximum Gasteiger partial charge on any atom is 0.261 e. The first-order chi connectivity index (χ1) is 13.1. The van der Waals surface area contributed by atoms with Gasteiger partial charge in [-0.15, -0.1) is 0 Å². The number of rotatable bonds is 5. The second-order valence-electron chi connectivity index (χ2n) is 6.87. The summed E-state index contributed by atoms with van der Waals surface area (Å²) in [5, 5.41) is 13.6. The molecule has 27 heavy (non-hydrogen) atoms. The lowest BCUT2D eigenvalue weighted by Gasteiger charge is -2.35. The van der Waals surface area contributed by atoms with Crippen LogP contribution in [0.5, 0.6) is 0 Å². The van der Waals surface area contributed by atoms with E-state index in [9.17, 15) is 4.79 Å². The number of hydrogen-bond acceptors (Lipinski definition) is 7. The largest absolute Gasteiger partial charge is 0.395 e. The van der Waals surface area contributed by atoms with Crippen molar-refractivity contribution in [1.82, 2.24) is 19.6 Å². The molecule has 3 heterocycles. The molecule has 0 radical (unpaired) electrons. The van der Waals surface area contributed by atoms with E-state index in [1.165, 1.54) is 10.9 Å². The SMILES string of the molecule is Cc1cc(CN2CCN(c3ccc4c(=O)n(CCO)cnc4c3)CC2)on1. The molecule has 1 saturated heterocycles. The third kappa shape index (κ3) is 3.72. The molecule has 0 saturated carbocycles. The van der Waals surface area contributed by atoms with Crippen LogP contribution in [0.1, 0.15) is 11.5 Å². The van der Waals surface area contributed by atoms with Gasteiger partial charge in [0.25, 0.3) is 5.56 Å². The highest BCUT2D eigenvalue weighted by molar-refractivity contribution is 5.81. The Hall–Kier alpha value is -2.71. The molecule has 2 aromatic heterocycles. The number of piperazine rings is 1. The lowest BCUT2D eigenvalue weighted by molar-refractivity contribution is 0.219. The van der Waals surface area contributed by atoms with E-state index >= 15 is 0 Å². The molecule has 0 atom stereocenters. The molecule has 1 aliphatic rings. The number of aromatic nitrogens is 3. The Kier molecular flexibility index (Phi) is 4.91. The molecular formula is C19H23N5O3. The maximum absolute atomic E-state index is 12.4. The Labute approximate surface area is 156 Å². The van der Waals surface area contributed by atoms with Crippen LogP contribution in [0.25, 0.3) is 10.9 Å². The standard InChI is InChI=1S/C19H23N5O3/c1-14-10-16(27-21-14)12-22-4-6-23(7-5-22)15-2-3-17-18(11-15)20-13-24(8-9-25)19(17)26/h2-3,10-11,13,25H,4-9,12H2,1H3. The molecule has 1 aromatic carbocycles. The van der Waals surface area contributed by atoms with Crippen molar-refractivity contribution in [2.45, 2.75) is 20.0 Å². The fourth-order valence-corrected chi connectivity index (χ4v) is 3.49. The molecule has 8 nitrogen and oxygen atoms in total. The fourth-order valence-electron chi connectivity index (χ4n) is 3.49. The molecule has 8 heteroatoms. The molecule has 4 rings (SSSR count). The topological polar surface area (TPSA) is 87.6 Å². The van der Waals surface area contributed by atoms with E-state index in [4.69, 9.17) is 9.63 Å². The second kappa shape index (κ2) is 7.50. The molecule has 0 aliphatic carbocycles. The number of fused-ring (bicyclic) bond motifs is 1. The van der Waals surface area contributed by atoms with Gasteiger partial charge in [0.05, 0.1) is 42.6 Å². The highest BCUT2D eigenvalue weighted by Crippen LogP contribution is 2.21. The minimum absolute atomic E-state index is 0.0803. The van der Waals surface area contributed by atoms with E-state index in [2.05, 4.69) is 19.9 Å². The maximum atomic E-state index is 12.4. The summed E-state index contributed by atoms with van der Waals surface area (Å²) in [4.78, 5) is 21.4. The summed E-state index contributed by atoms with van der Waals surface area (Å²) in [5.41, 5.74) is 2.55. The highest BCUT2D eigenvalue weighted by atomic mass is 16.5. The third-order valence-electron chi connectivity index (χ3n) is 4.94. The molecule has 1 N–H and O–H groups in total. The van der Waals surface area contributed by atoms with Gasteiger partial charge in [0.2, 0.25) is 0 Å². The van der Waals surface area contributed by atoms with Crippen LogP contribution in [-0.4, -0.2) is 57.5 Å². The molecule has 0 amide bonds. The smallest absolute Gasteiger partial charge is 0.261 e. The first-order valence-corrected chi connectivity index (χ1v) is 9.13. The predicted molar refractivity (Wildman–Crippen MR) is 102 cm³/mol. The van der Waals surface area contributed by atoms with Crippen LogP contribution in [0, 0.1) is 6.92 Å². The van der Waals surface area contributed by atoms with Crippen molar-refractivity contribution >= 4 is 16.6 Å². The molecule has 1 aliphatic heterocycles. The average molecular weight is 369 g/mol. The lowest BCUT2D eigenvalue weighted by Crippen LogP contribution is -2.45. The zero-order valence-electron chi connectivity index (χ0n) is 15.3. The number of hydrogen-bond donors (Lipinski definition) is 1. The number of aliphatic hydroxyl groups is 1. The minimum atomic E-state index is -0.118. The Bertz CT molecular complexity index is 988. The Morgan fingerprint density at radius 2 is 2.00 bits per heavy atom. The van der Waals surface area contributed by atoms with Gasteiger partial charge in [-0.2, -0.15) is 0 Å². The van der Waals surface area contributed by atoms with Gasteiger partial charge in [0, 0.05) is 37.9 Å². The van der Waals surface area contributed by atoms with E-state index < -0.39 is 0 Å². The van der Waals surface area contributed by atoms with Crippen molar-refractivity contribution in [2.24, 2.45) is 0 Å². The van der Waals surface area contributed by atoms with Crippen molar-refractivity contribution in [3.63, 3.8) is 0 Å². The molecule has 3 aromatic rings. The zero-order chi connectivity index (χ0) is 18.8. The summed E-state index contributed by atoms with van der Waals surface area (Å²) in [6.07, 6.45) is 1.50. The molecular weight excluding hydrogens is 346 g/mol. The Morgan fingerprint density at radius 1 is 1.19 bits per heavy atom. The second-order valence-corrected chi connectivity index (χ2v) is 6.87. The first kappa shape index (κ1) is 17.7. The number of benzene rings is 1. The number of aryl methyl sites for hydroxylation is 1. The summed E-state index contributed by atoms with van der Waals surface area (Å²) >= 11 is 0. The monoisotopic (exact) mass is 369 g/mol. The summed E-state index contributed by atoms with van der Waals surface area (Å²) in [6.45, 7) is 6.56. The van der Waals surface area contributed by atoms with E-state index in [1.807, 2.05) is 31.2 Å². The quantitative estimate of drug-likeness (QED) is 0.718. The number of aliphatic hydroxyl groups excluding tert-OH is 1. The van der Waals surface area contributed by atoms with Gasteiger partial charge in [0.1, 0.15) is 0 Å². The molecule has 142 valence electrons. The minimum Gasteiger partial charge on any atom is -0.395 e. The van der Waals surface area contributed by atoms with Gasteiger partial charge in [0.15, 0.2) is 5.76 Å². The van der Waals surface area contributed by atoms with Gasteiger partial charge in [-0.05, 0) is 25.1 Å². The van der Waals surface area contributed by atoms with Crippen molar-refractivity contribution in [2.75, 3.05) is 37.7 Å². The zero-order valence-corrected chi connectivity index (χ0v) is 15.3. The van der Waals surface area contributed by atoms with Crippen LogP contribution in [-0.2, 0) is 13.1 Å². The summed E-state index contributed by atoms with van der Waals surface area (Å²) in [7, 11) is 0. The first-order valence-electron chi connectivity index (χ1n) is 9.13. The third-order valence-corrected chi connectivity index (χ3v) is 4.94. The van der Waals surface area contributed by atoms with Crippen LogP contribution >= 0.6 is 0 Å². The Balaban J connectivity index is 1.45. The number of anilines is 1. The van der Waals surface area contributed by atoms with Crippen molar-refractivity contribution in [1.29, 1.82) is 0 Å². The van der Waals surface area contributed by atoms with Crippen molar-refractivity contribution in [3.05, 3.63) is 52.4 Å². The van der Waals surface area contributed by atoms with Gasteiger partial charge >= 0.3 is 0 Å². The van der Waals surface area contributed by atoms with Crippen LogP contribution in [0.3, 0.4) is 0 Å². The van der Waals surface area contributed by atoms with E-state index in [0.717, 1.165) is 49.9 Å². The van der Waals surface area contributed by atoms with Crippen molar-refractivity contribution in [3.8, 4) is 0 Å². The lowest BCUT2D eigenvalue weighted by atomic mass is 10.2. The Morgan fingerprint density at radius 3 is 2.70 bits per heavy atom. The van der Waals surface area contributed by atoms with Gasteiger partial charge in [-0.25, -0.2) is 4.98 Å². The summed E-state index contributed by atoms with van der Waals surface area (Å²) in [6, 6.07) is 7.75.